The Balaban J connectivity index is 1.66. The highest BCUT2D eigenvalue weighted by Crippen LogP contribution is 2.40. The van der Waals surface area contributed by atoms with Crippen molar-refractivity contribution in [3.63, 3.8) is 0 Å². The number of benzene rings is 1. The van der Waals surface area contributed by atoms with E-state index in [1.165, 1.54) is 12.8 Å². The summed E-state index contributed by atoms with van der Waals surface area (Å²) < 4.78 is 23.3. The van der Waals surface area contributed by atoms with Crippen LogP contribution in [-0.2, 0) is 23.0 Å². The molecule has 3 N–H and O–H groups in total. The van der Waals surface area contributed by atoms with Crippen LogP contribution in [0.15, 0.2) is 29.2 Å². The highest BCUT2D eigenvalue weighted by Gasteiger charge is 2.28. The Labute approximate surface area is 153 Å². The van der Waals surface area contributed by atoms with Gasteiger partial charge < -0.3 is 10.2 Å². The van der Waals surface area contributed by atoms with E-state index in [4.69, 9.17) is 5.14 Å². The molecule has 26 heavy (non-hydrogen) atoms. The number of nitrogens with zero attached hydrogens (tertiary/aromatic N) is 3. The van der Waals surface area contributed by atoms with E-state index < -0.39 is 10.0 Å². The third-order valence-electron chi connectivity index (χ3n) is 4.91. The summed E-state index contributed by atoms with van der Waals surface area (Å²) in [7, 11) is -3.70. The average Bonchev–Trinajstić information content (AvgIpc) is 3.45. The number of sulfonamides is 1. The molecule has 1 aromatic heterocycles. The van der Waals surface area contributed by atoms with Gasteiger partial charge in [-0.05, 0) is 49.4 Å². The van der Waals surface area contributed by atoms with Crippen LogP contribution in [0.2, 0.25) is 0 Å². The molecule has 0 atom stereocenters. The number of nitrogens with one attached hydrogen (secondary N) is 1. The van der Waals surface area contributed by atoms with E-state index in [0.717, 1.165) is 42.1 Å². The number of primary sulfonamides is 1. The van der Waals surface area contributed by atoms with Gasteiger partial charge in [-0.25, -0.2) is 18.5 Å². The van der Waals surface area contributed by atoms with Crippen LogP contribution < -0.4 is 15.4 Å². The minimum absolute atomic E-state index is 0.160. The number of aromatic nitrogens is 2. The minimum Gasteiger partial charge on any atom is -0.354 e. The molecule has 1 aliphatic heterocycles. The molecule has 1 saturated carbocycles. The van der Waals surface area contributed by atoms with Gasteiger partial charge in [0, 0.05) is 31.6 Å². The van der Waals surface area contributed by atoms with Gasteiger partial charge in [-0.2, -0.15) is 4.98 Å². The fourth-order valence-corrected chi connectivity index (χ4v) is 3.91. The fraction of sp³-hybridized carbons (Fsp3) is 0.444. The highest BCUT2D eigenvalue weighted by atomic mass is 32.2. The smallest absolute Gasteiger partial charge is 0.238 e. The first-order valence-electron chi connectivity index (χ1n) is 8.96. The number of nitrogens with two attached hydrogens (primary N) is 1. The average molecular weight is 373 g/mol. The van der Waals surface area contributed by atoms with Crippen LogP contribution in [0, 0.1) is 0 Å². The Hall–Kier alpha value is -2.19. The molecule has 0 radical (unpaired) electrons. The SMILES string of the molecule is CCNc1nc(C2CC2)cc(N2CCc3ccc(S(N)(=O)=O)cc3C2)n1. The van der Waals surface area contributed by atoms with Crippen molar-refractivity contribution in [3.8, 4) is 0 Å². The van der Waals surface area contributed by atoms with Gasteiger partial charge in [-0.3, -0.25) is 0 Å². The number of fused-ring (bicyclic) bond motifs is 1. The van der Waals surface area contributed by atoms with Gasteiger partial charge in [-0.15, -0.1) is 0 Å². The molecule has 0 spiro atoms. The molecule has 138 valence electrons. The van der Waals surface area contributed by atoms with Crippen LogP contribution in [0.5, 0.6) is 0 Å². The summed E-state index contributed by atoms with van der Waals surface area (Å²) in [5, 5.41) is 8.49. The number of hydrogen-bond donors (Lipinski definition) is 2. The second-order valence-electron chi connectivity index (χ2n) is 6.93. The van der Waals surface area contributed by atoms with Gasteiger partial charge in [0.25, 0.3) is 0 Å². The highest BCUT2D eigenvalue weighted by molar-refractivity contribution is 7.89. The van der Waals surface area contributed by atoms with Crippen molar-refractivity contribution in [1.82, 2.24) is 9.97 Å². The summed E-state index contributed by atoms with van der Waals surface area (Å²) in [6, 6.07) is 7.22. The number of anilines is 2. The van der Waals surface area contributed by atoms with Crippen molar-refractivity contribution in [2.75, 3.05) is 23.3 Å². The Morgan fingerprint density at radius 3 is 2.73 bits per heavy atom. The van der Waals surface area contributed by atoms with E-state index in [0.29, 0.717) is 18.4 Å². The molecule has 1 aromatic carbocycles. The van der Waals surface area contributed by atoms with Crippen LogP contribution in [-0.4, -0.2) is 31.5 Å². The summed E-state index contributed by atoms with van der Waals surface area (Å²) in [5.74, 6) is 2.10. The van der Waals surface area contributed by atoms with Crippen LogP contribution in [0.25, 0.3) is 0 Å². The van der Waals surface area contributed by atoms with E-state index in [9.17, 15) is 8.42 Å². The van der Waals surface area contributed by atoms with E-state index >= 15 is 0 Å². The Bertz CT molecular complexity index is 941. The summed E-state index contributed by atoms with van der Waals surface area (Å²) in [4.78, 5) is 11.6. The van der Waals surface area contributed by atoms with E-state index in [-0.39, 0.29) is 4.90 Å². The zero-order valence-electron chi connectivity index (χ0n) is 14.8. The quantitative estimate of drug-likeness (QED) is 0.831. The molecular formula is C18H23N5O2S. The third-order valence-corrected chi connectivity index (χ3v) is 5.82. The van der Waals surface area contributed by atoms with Gasteiger partial charge >= 0.3 is 0 Å². The predicted molar refractivity (Wildman–Crippen MR) is 101 cm³/mol. The molecule has 2 aliphatic rings. The first kappa shape index (κ1) is 17.2. The lowest BCUT2D eigenvalue weighted by Crippen LogP contribution is -2.31. The Kier molecular flexibility index (Phi) is 4.32. The molecule has 0 unspecified atom stereocenters. The zero-order valence-corrected chi connectivity index (χ0v) is 15.6. The molecule has 1 aliphatic carbocycles. The maximum Gasteiger partial charge on any atom is 0.238 e. The van der Waals surface area contributed by atoms with Gasteiger partial charge in [0.1, 0.15) is 5.82 Å². The van der Waals surface area contributed by atoms with Crippen LogP contribution in [0.3, 0.4) is 0 Å². The first-order valence-corrected chi connectivity index (χ1v) is 10.5. The Morgan fingerprint density at radius 1 is 1.23 bits per heavy atom. The number of rotatable bonds is 5. The molecule has 2 aromatic rings. The molecule has 0 amide bonds. The topological polar surface area (TPSA) is 101 Å². The standard InChI is InChI=1S/C18H23N5O2S/c1-2-20-18-21-16(13-3-4-13)10-17(22-18)23-8-7-12-5-6-15(26(19,24)25)9-14(12)11-23/h5-6,9-10,13H,2-4,7-8,11H2,1H3,(H2,19,24,25)(H,20,21,22). The van der Waals surface area contributed by atoms with Crippen LogP contribution >= 0.6 is 0 Å². The Morgan fingerprint density at radius 2 is 2.04 bits per heavy atom. The van der Waals surface area contributed by atoms with Crippen molar-refractivity contribution in [2.45, 2.75) is 43.5 Å². The summed E-state index contributed by atoms with van der Waals surface area (Å²) in [6.45, 7) is 4.26. The van der Waals surface area contributed by atoms with Gasteiger partial charge in [-0.1, -0.05) is 6.07 Å². The molecule has 4 rings (SSSR count). The van der Waals surface area contributed by atoms with E-state index in [2.05, 4.69) is 26.3 Å². The van der Waals surface area contributed by atoms with Crippen LogP contribution in [0.1, 0.15) is 42.5 Å². The van der Waals surface area contributed by atoms with E-state index in [1.54, 1.807) is 12.1 Å². The minimum atomic E-state index is -3.70. The number of hydrogen-bond acceptors (Lipinski definition) is 6. The van der Waals surface area contributed by atoms with Crippen molar-refractivity contribution in [2.24, 2.45) is 5.14 Å². The van der Waals surface area contributed by atoms with Gasteiger partial charge in [0.05, 0.1) is 10.6 Å². The maximum absolute atomic E-state index is 11.6. The second-order valence-corrected chi connectivity index (χ2v) is 8.49. The van der Waals surface area contributed by atoms with Crippen molar-refractivity contribution < 1.29 is 8.42 Å². The summed E-state index contributed by atoms with van der Waals surface area (Å²) in [6.07, 6.45) is 3.21. The zero-order chi connectivity index (χ0) is 18.3. The third kappa shape index (κ3) is 3.52. The fourth-order valence-electron chi connectivity index (χ4n) is 3.35. The van der Waals surface area contributed by atoms with Gasteiger partial charge in [0.15, 0.2) is 0 Å². The molecule has 2 heterocycles. The van der Waals surface area contributed by atoms with Crippen molar-refractivity contribution in [1.29, 1.82) is 0 Å². The first-order chi connectivity index (χ1) is 12.4. The molecule has 7 nitrogen and oxygen atoms in total. The van der Waals surface area contributed by atoms with Gasteiger partial charge in [0.2, 0.25) is 16.0 Å². The van der Waals surface area contributed by atoms with Crippen LogP contribution in [0.4, 0.5) is 11.8 Å². The normalized spacial score (nSPS) is 17.1. The second kappa shape index (κ2) is 6.51. The van der Waals surface area contributed by atoms with Crippen molar-refractivity contribution >= 4 is 21.8 Å². The molecule has 8 heteroatoms. The largest absolute Gasteiger partial charge is 0.354 e. The maximum atomic E-state index is 11.6. The molecule has 0 bridgehead atoms. The predicted octanol–water partition coefficient (Wildman–Crippen LogP) is 2.00. The summed E-state index contributed by atoms with van der Waals surface area (Å²) >= 11 is 0. The van der Waals surface area contributed by atoms with Crippen molar-refractivity contribution in [3.05, 3.63) is 41.1 Å². The lowest BCUT2D eigenvalue weighted by atomic mass is 10.00. The molecular weight excluding hydrogens is 350 g/mol. The summed E-state index contributed by atoms with van der Waals surface area (Å²) in [5.41, 5.74) is 3.24. The lowest BCUT2D eigenvalue weighted by Gasteiger charge is -2.30. The molecule has 1 fully saturated rings. The lowest BCUT2D eigenvalue weighted by molar-refractivity contribution is 0.597. The molecule has 0 saturated heterocycles. The van der Waals surface area contributed by atoms with E-state index in [1.807, 2.05) is 13.0 Å². The monoisotopic (exact) mass is 373 g/mol.